The fourth-order valence-electron chi connectivity index (χ4n) is 2.44. The van der Waals surface area contributed by atoms with Crippen LogP contribution in [0.5, 0.6) is 0 Å². The Kier molecular flexibility index (Phi) is 2.78. The minimum Gasteiger partial charge on any atom is -0.298 e. The summed E-state index contributed by atoms with van der Waals surface area (Å²) in [7, 11) is 0. The predicted molar refractivity (Wildman–Crippen MR) is 65.2 cm³/mol. The van der Waals surface area contributed by atoms with Gasteiger partial charge in [0, 0.05) is 24.7 Å². The van der Waals surface area contributed by atoms with E-state index in [1.807, 2.05) is 6.07 Å². The van der Waals surface area contributed by atoms with Crippen molar-refractivity contribution in [1.29, 1.82) is 0 Å². The molecule has 0 bridgehead atoms. The quantitative estimate of drug-likeness (QED) is 0.742. The number of likely N-dealkylation sites (tertiary alicyclic amines) is 1. The van der Waals surface area contributed by atoms with Crippen molar-refractivity contribution in [3.8, 4) is 0 Å². The van der Waals surface area contributed by atoms with E-state index in [4.69, 9.17) is 11.6 Å². The van der Waals surface area contributed by atoms with Crippen LogP contribution in [0.25, 0.3) is 0 Å². The zero-order valence-electron chi connectivity index (χ0n) is 9.68. The average Bonchev–Trinajstić information content (AvgIpc) is 1.97. The van der Waals surface area contributed by atoms with E-state index in [1.54, 1.807) is 0 Å². The molecule has 0 saturated carbocycles. The van der Waals surface area contributed by atoms with Gasteiger partial charge >= 0.3 is 0 Å². The molecule has 1 aliphatic heterocycles. The Labute approximate surface area is 97.0 Å². The van der Waals surface area contributed by atoms with Crippen LogP contribution < -0.4 is 0 Å². The molecule has 1 saturated heterocycles. The lowest BCUT2D eigenvalue weighted by atomic mass is 9.84. The summed E-state index contributed by atoms with van der Waals surface area (Å²) in [6.07, 6.45) is 0. The first kappa shape index (κ1) is 11.0. The molecular weight excluding hydrogens is 206 g/mol. The van der Waals surface area contributed by atoms with Crippen molar-refractivity contribution in [3.05, 3.63) is 34.3 Å². The van der Waals surface area contributed by atoms with Crippen LogP contribution in [0.3, 0.4) is 0 Å². The summed E-state index contributed by atoms with van der Waals surface area (Å²) >= 11 is 6.03. The van der Waals surface area contributed by atoms with Gasteiger partial charge in [-0.05, 0) is 35.6 Å². The van der Waals surface area contributed by atoms with Gasteiger partial charge < -0.3 is 0 Å². The van der Waals surface area contributed by atoms with Crippen molar-refractivity contribution in [3.63, 3.8) is 0 Å². The zero-order chi connectivity index (χ0) is 11.1. The Hall–Kier alpha value is -0.530. The Morgan fingerprint density at radius 1 is 1.27 bits per heavy atom. The lowest BCUT2D eigenvalue weighted by molar-refractivity contribution is 0.0242. The second-order valence-electron chi connectivity index (χ2n) is 5.45. The van der Waals surface area contributed by atoms with E-state index in [9.17, 15) is 0 Å². The monoisotopic (exact) mass is 223 g/mol. The van der Waals surface area contributed by atoms with Crippen molar-refractivity contribution in [2.45, 2.75) is 27.3 Å². The summed E-state index contributed by atoms with van der Waals surface area (Å²) in [5.41, 5.74) is 3.08. The van der Waals surface area contributed by atoms with Crippen LogP contribution in [0.1, 0.15) is 25.0 Å². The molecule has 1 heterocycles. The first-order valence-electron chi connectivity index (χ1n) is 5.43. The lowest BCUT2D eigenvalue weighted by Gasteiger charge is -2.46. The molecule has 2 heteroatoms. The number of rotatable bonds is 2. The van der Waals surface area contributed by atoms with E-state index in [0.717, 1.165) is 11.6 Å². The number of hydrogen-bond acceptors (Lipinski definition) is 1. The van der Waals surface area contributed by atoms with Crippen LogP contribution in [0.15, 0.2) is 18.2 Å². The van der Waals surface area contributed by atoms with Crippen molar-refractivity contribution in [1.82, 2.24) is 4.90 Å². The molecule has 0 unspecified atom stereocenters. The van der Waals surface area contributed by atoms with Crippen molar-refractivity contribution >= 4 is 11.6 Å². The highest BCUT2D eigenvalue weighted by molar-refractivity contribution is 6.30. The molecule has 0 spiro atoms. The Bertz CT molecular complexity index is 343. The zero-order valence-corrected chi connectivity index (χ0v) is 10.4. The standard InChI is InChI=1S/C13H18ClN/c1-10-4-11(6-12(14)5-10)7-15-8-13(2,3)9-15/h4-6H,7-9H2,1-3H3. The Morgan fingerprint density at radius 3 is 2.47 bits per heavy atom. The predicted octanol–water partition coefficient (Wildman–Crippen LogP) is 3.49. The van der Waals surface area contributed by atoms with E-state index >= 15 is 0 Å². The van der Waals surface area contributed by atoms with Gasteiger partial charge in [-0.15, -0.1) is 0 Å². The number of halogens is 1. The highest BCUT2D eigenvalue weighted by Crippen LogP contribution is 2.30. The molecule has 0 aliphatic carbocycles. The van der Waals surface area contributed by atoms with Gasteiger partial charge in [-0.1, -0.05) is 31.5 Å². The van der Waals surface area contributed by atoms with Gasteiger partial charge in [0.05, 0.1) is 0 Å². The average molecular weight is 224 g/mol. The Morgan fingerprint density at radius 2 is 1.93 bits per heavy atom. The lowest BCUT2D eigenvalue weighted by Crippen LogP contribution is -2.52. The molecule has 0 amide bonds. The van der Waals surface area contributed by atoms with Crippen molar-refractivity contribution in [2.24, 2.45) is 5.41 Å². The summed E-state index contributed by atoms with van der Waals surface area (Å²) in [6.45, 7) is 10.1. The fourth-order valence-corrected chi connectivity index (χ4v) is 2.75. The van der Waals surface area contributed by atoms with E-state index in [2.05, 4.69) is 37.8 Å². The smallest absolute Gasteiger partial charge is 0.0411 e. The summed E-state index contributed by atoms with van der Waals surface area (Å²) in [5, 5.41) is 0.852. The third-order valence-corrected chi connectivity index (χ3v) is 3.03. The number of nitrogens with zero attached hydrogens (tertiary/aromatic N) is 1. The van der Waals surface area contributed by atoms with Crippen LogP contribution in [0.4, 0.5) is 0 Å². The van der Waals surface area contributed by atoms with Gasteiger partial charge in [0.25, 0.3) is 0 Å². The molecule has 82 valence electrons. The molecule has 0 N–H and O–H groups in total. The Balaban J connectivity index is 2.00. The van der Waals surface area contributed by atoms with Crippen LogP contribution in [0.2, 0.25) is 5.02 Å². The third kappa shape index (κ3) is 2.73. The van der Waals surface area contributed by atoms with Crippen LogP contribution >= 0.6 is 11.6 Å². The minimum atomic E-state index is 0.508. The molecule has 1 aromatic carbocycles. The molecule has 1 fully saturated rings. The topological polar surface area (TPSA) is 3.24 Å². The van der Waals surface area contributed by atoms with Gasteiger partial charge in [0.15, 0.2) is 0 Å². The van der Waals surface area contributed by atoms with E-state index in [-0.39, 0.29) is 0 Å². The second-order valence-corrected chi connectivity index (χ2v) is 5.88. The molecule has 1 nitrogen and oxygen atoms in total. The van der Waals surface area contributed by atoms with Crippen molar-refractivity contribution < 1.29 is 0 Å². The van der Waals surface area contributed by atoms with Gasteiger partial charge in [-0.3, -0.25) is 4.90 Å². The van der Waals surface area contributed by atoms with Crippen LogP contribution in [-0.2, 0) is 6.54 Å². The normalized spacial score (nSPS) is 20.0. The SMILES string of the molecule is Cc1cc(Cl)cc(CN2CC(C)(C)C2)c1. The molecule has 1 aromatic rings. The van der Waals surface area contributed by atoms with E-state index < -0.39 is 0 Å². The van der Waals surface area contributed by atoms with Crippen LogP contribution in [0, 0.1) is 12.3 Å². The van der Waals surface area contributed by atoms with Gasteiger partial charge in [0.2, 0.25) is 0 Å². The summed E-state index contributed by atoms with van der Waals surface area (Å²) in [5.74, 6) is 0. The molecule has 2 rings (SSSR count). The first-order valence-corrected chi connectivity index (χ1v) is 5.81. The maximum absolute atomic E-state index is 6.03. The number of benzene rings is 1. The van der Waals surface area contributed by atoms with Gasteiger partial charge in [-0.2, -0.15) is 0 Å². The second kappa shape index (κ2) is 3.80. The highest BCUT2D eigenvalue weighted by atomic mass is 35.5. The third-order valence-electron chi connectivity index (χ3n) is 2.81. The van der Waals surface area contributed by atoms with Gasteiger partial charge in [-0.25, -0.2) is 0 Å². The van der Waals surface area contributed by atoms with E-state index in [1.165, 1.54) is 24.2 Å². The van der Waals surface area contributed by atoms with E-state index in [0.29, 0.717) is 5.41 Å². The maximum Gasteiger partial charge on any atom is 0.0411 e. The highest BCUT2D eigenvalue weighted by Gasteiger charge is 2.33. The number of aryl methyl sites for hydroxylation is 1. The van der Waals surface area contributed by atoms with Crippen LogP contribution in [-0.4, -0.2) is 18.0 Å². The van der Waals surface area contributed by atoms with Crippen molar-refractivity contribution in [2.75, 3.05) is 13.1 Å². The maximum atomic E-state index is 6.03. The van der Waals surface area contributed by atoms with Gasteiger partial charge in [0.1, 0.15) is 0 Å². The fraction of sp³-hybridized carbons (Fsp3) is 0.538. The molecule has 15 heavy (non-hydrogen) atoms. The molecule has 0 atom stereocenters. The summed E-state index contributed by atoms with van der Waals surface area (Å²) in [4.78, 5) is 2.46. The first-order chi connectivity index (χ1) is 6.94. The largest absolute Gasteiger partial charge is 0.298 e. The molecular formula is C13H18ClN. The summed E-state index contributed by atoms with van der Waals surface area (Å²) < 4.78 is 0. The number of hydrogen-bond donors (Lipinski definition) is 0. The summed E-state index contributed by atoms with van der Waals surface area (Å²) in [6, 6.07) is 6.29. The molecule has 1 aliphatic rings. The molecule has 0 radical (unpaired) electrons. The molecule has 0 aromatic heterocycles. The minimum absolute atomic E-state index is 0.508.